The number of hydrogen-bond acceptors (Lipinski definition) is 4. The fourth-order valence-electron chi connectivity index (χ4n) is 2.22. The minimum Gasteiger partial charge on any atom is -0.377 e. The van der Waals surface area contributed by atoms with Crippen molar-refractivity contribution in [2.75, 3.05) is 33.3 Å². The fourth-order valence-corrected chi connectivity index (χ4v) is 2.22. The fraction of sp³-hybridized carbons (Fsp3) is 0.643. The summed E-state index contributed by atoms with van der Waals surface area (Å²) in [5, 5.41) is 3.46. The average Bonchev–Trinajstić information content (AvgIpc) is 2.89. The van der Waals surface area contributed by atoms with Crippen LogP contribution in [0.5, 0.6) is 0 Å². The smallest absolute Gasteiger partial charge is 0.0700 e. The van der Waals surface area contributed by atoms with E-state index < -0.39 is 0 Å². The summed E-state index contributed by atoms with van der Waals surface area (Å²) in [5.74, 6) is 0. The predicted octanol–water partition coefficient (Wildman–Crippen LogP) is 1.28. The molecule has 4 nitrogen and oxygen atoms in total. The number of ether oxygens (including phenoxy) is 1. The molecule has 4 heteroatoms. The number of rotatable bonds is 7. The van der Waals surface area contributed by atoms with E-state index in [2.05, 4.69) is 34.4 Å². The minimum atomic E-state index is 0.440. The zero-order chi connectivity index (χ0) is 12.6. The molecule has 0 amide bonds. The van der Waals surface area contributed by atoms with E-state index in [0.29, 0.717) is 6.10 Å². The van der Waals surface area contributed by atoms with Crippen LogP contribution in [-0.4, -0.2) is 49.3 Å². The summed E-state index contributed by atoms with van der Waals surface area (Å²) >= 11 is 0. The normalized spacial score (nSPS) is 19.6. The Morgan fingerprint density at radius 1 is 1.44 bits per heavy atom. The van der Waals surface area contributed by atoms with Crippen molar-refractivity contribution in [2.24, 2.45) is 0 Å². The van der Waals surface area contributed by atoms with Gasteiger partial charge in [0.05, 0.1) is 6.10 Å². The summed E-state index contributed by atoms with van der Waals surface area (Å²) in [6.07, 6.45) is 6.56. The molecule has 0 aromatic carbocycles. The molecule has 1 fully saturated rings. The Kier molecular flexibility index (Phi) is 5.58. The quantitative estimate of drug-likeness (QED) is 0.739. The van der Waals surface area contributed by atoms with Gasteiger partial charge in [-0.25, -0.2) is 0 Å². The molecule has 1 unspecified atom stereocenters. The standard InChI is InChI=1S/C14H23N3O/c1-17(12-13-4-6-15-7-5-13)9-8-16-11-14-3-2-10-18-14/h4-7,14,16H,2-3,8-12H2,1H3. The Morgan fingerprint density at radius 2 is 2.28 bits per heavy atom. The number of nitrogens with zero attached hydrogens (tertiary/aromatic N) is 2. The van der Waals surface area contributed by atoms with Crippen LogP contribution in [0.3, 0.4) is 0 Å². The molecule has 0 saturated carbocycles. The lowest BCUT2D eigenvalue weighted by molar-refractivity contribution is 0.109. The van der Waals surface area contributed by atoms with Gasteiger partial charge in [-0.3, -0.25) is 4.98 Å². The van der Waals surface area contributed by atoms with E-state index in [1.807, 2.05) is 12.4 Å². The molecular formula is C14H23N3O. The number of pyridine rings is 1. The average molecular weight is 249 g/mol. The molecule has 1 aromatic rings. The van der Waals surface area contributed by atoms with Crippen LogP contribution in [-0.2, 0) is 11.3 Å². The maximum Gasteiger partial charge on any atom is 0.0700 e. The molecular weight excluding hydrogens is 226 g/mol. The molecule has 1 saturated heterocycles. The number of likely N-dealkylation sites (N-methyl/N-ethyl adjacent to an activating group) is 1. The van der Waals surface area contributed by atoms with Crippen molar-refractivity contribution < 1.29 is 4.74 Å². The lowest BCUT2D eigenvalue weighted by atomic mass is 10.2. The zero-order valence-electron chi connectivity index (χ0n) is 11.1. The lowest BCUT2D eigenvalue weighted by Gasteiger charge is -2.17. The van der Waals surface area contributed by atoms with Gasteiger partial charge in [0, 0.05) is 45.2 Å². The van der Waals surface area contributed by atoms with Crippen LogP contribution in [0.2, 0.25) is 0 Å². The molecule has 100 valence electrons. The highest BCUT2D eigenvalue weighted by Gasteiger charge is 2.14. The second kappa shape index (κ2) is 7.46. The third kappa shape index (κ3) is 4.72. The maximum atomic E-state index is 5.57. The topological polar surface area (TPSA) is 37.4 Å². The van der Waals surface area contributed by atoms with Crippen LogP contribution < -0.4 is 5.32 Å². The molecule has 0 spiro atoms. The monoisotopic (exact) mass is 249 g/mol. The van der Waals surface area contributed by atoms with E-state index in [-0.39, 0.29) is 0 Å². The van der Waals surface area contributed by atoms with Crippen molar-refractivity contribution in [3.63, 3.8) is 0 Å². The van der Waals surface area contributed by atoms with E-state index in [9.17, 15) is 0 Å². The molecule has 1 aliphatic heterocycles. The molecule has 2 heterocycles. The Bertz CT molecular complexity index is 325. The van der Waals surface area contributed by atoms with E-state index in [4.69, 9.17) is 4.74 Å². The Morgan fingerprint density at radius 3 is 3.00 bits per heavy atom. The van der Waals surface area contributed by atoms with Gasteiger partial charge in [-0.2, -0.15) is 0 Å². The summed E-state index contributed by atoms with van der Waals surface area (Å²) in [6.45, 7) is 4.97. The van der Waals surface area contributed by atoms with Crippen molar-refractivity contribution in [1.82, 2.24) is 15.2 Å². The Labute approximate surface area is 109 Å². The second-order valence-electron chi connectivity index (χ2n) is 4.93. The van der Waals surface area contributed by atoms with Crippen LogP contribution in [0.4, 0.5) is 0 Å². The highest BCUT2D eigenvalue weighted by atomic mass is 16.5. The molecule has 1 atom stereocenters. The van der Waals surface area contributed by atoms with Gasteiger partial charge in [-0.1, -0.05) is 0 Å². The maximum absolute atomic E-state index is 5.57. The van der Waals surface area contributed by atoms with Gasteiger partial charge in [0.25, 0.3) is 0 Å². The highest BCUT2D eigenvalue weighted by Crippen LogP contribution is 2.10. The number of nitrogens with one attached hydrogen (secondary N) is 1. The van der Waals surface area contributed by atoms with Gasteiger partial charge in [0.15, 0.2) is 0 Å². The number of aromatic nitrogens is 1. The largest absolute Gasteiger partial charge is 0.377 e. The summed E-state index contributed by atoms with van der Waals surface area (Å²) in [6, 6.07) is 4.13. The lowest BCUT2D eigenvalue weighted by Crippen LogP contribution is -2.33. The molecule has 1 N–H and O–H groups in total. The Balaban J connectivity index is 1.55. The van der Waals surface area contributed by atoms with Gasteiger partial charge in [-0.05, 0) is 37.6 Å². The molecule has 0 radical (unpaired) electrons. The first-order valence-electron chi connectivity index (χ1n) is 6.74. The molecule has 0 aliphatic carbocycles. The van der Waals surface area contributed by atoms with Crippen LogP contribution in [0.25, 0.3) is 0 Å². The van der Waals surface area contributed by atoms with E-state index >= 15 is 0 Å². The summed E-state index contributed by atoms with van der Waals surface area (Å²) in [4.78, 5) is 6.34. The van der Waals surface area contributed by atoms with Crippen molar-refractivity contribution in [1.29, 1.82) is 0 Å². The summed E-state index contributed by atoms with van der Waals surface area (Å²) in [5.41, 5.74) is 1.31. The molecule has 18 heavy (non-hydrogen) atoms. The van der Waals surface area contributed by atoms with Gasteiger partial charge in [0.1, 0.15) is 0 Å². The van der Waals surface area contributed by atoms with Crippen LogP contribution in [0, 0.1) is 0 Å². The van der Waals surface area contributed by atoms with E-state index in [1.165, 1.54) is 18.4 Å². The van der Waals surface area contributed by atoms with Gasteiger partial charge in [0.2, 0.25) is 0 Å². The first-order valence-corrected chi connectivity index (χ1v) is 6.74. The number of hydrogen-bond donors (Lipinski definition) is 1. The summed E-state index contributed by atoms with van der Waals surface area (Å²) in [7, 11) is 2.15. The highest BCUT2D eigenvalue weighted by molar-refractivity contribution is 5.09. The van der Waals surface area contributed by atoms with Gasteiger partial charge in [-0.15, -0.1) is 0 Å². The van der Waals surface area contributed by atoms with E-state index in [1.54, 1.807) is 0 Å². The van der Waals surface area contributed by atoms with E-state index in [0.717, 1.165) is 32.8 Å². The molecule has 1 aromatic heterocycles. The first kappa shape index (κ1) is 13.5. The van der Waals surface area contributed by atoms with Crippen molar-refractivity contribution in [3.8, 4) is 0 Å². The van der Waals surface area contributed by atoms with Crippen LogP contribution in [0.1, 0.15) is 18.4 Å². The Hall–Kier alpha value is -0.970. The third-order valence-electron chi connectivity index (χ3n) is 3.27. The van der Waals surface area contributed by atoms with Crippen LogP contribution >= 0.6 is 0 Å². The van der Waals surface area contributed by atoms with Crippen molar-refractivity contribution >= 4 is 0 Å². The van der Waals surface area contributed by atoms with Gasteiger partial charge >= 0.3 is 0 Å². The zero-order valence-corrected chi connectivity index (χ0v) is 11.1. The second-order valence-corrected chi connectivity index (χ2v) is 4.93. The summed E-state index contributed by atoms with van der Waals surface area (Å²) < 4.78 is 5.57. The SMILES string of the molecule is CN(CCNCC1CCCO1)Cc1ccncc1. The molecule has 1 aliphatic rings. The van der Waals surface area contributed by atoms with Crippen molar-refractivity contribution in [3.05, 3.63) is 30.1 Å². The predicted molar refractivity (Wildman–Crippen MR) is 72.4 cm³/mol. The third-order valence-corrected chi connectivity index (χ3v) is 3.27. The van der Waals surface area contributed by atoms with Gasteiger partial charge < -0.3 is 15.0 Å². The van der Waals surface area contributed by atoms with Crippen LogP contribution in [0.15, 0.2) is 24.5 Å². The molecule has 0 bridgehead atoms. The van der Waals surface area contributed by atoms with Crippen molar-refractivity contribution in [2.45, 2.75) is 25.5 Å². The molecule has 2 rings (SSSR count). The first-order chi connectivity index (χ1) is 8.84. The minimum absolute atomic E-state index is 0.440.